The molecule has 0 aliphatic rings. The molecule has 0 saturated carbocycles. The Morgan fingerprint density at radius 2 is 1.89 bits per heavy atom. The third-order valence-electron chi connectivity index (χ3n) is 2.47. The van der Waals surface area contributed by atoms with Crippen molar-refractivity contribution < 1.29 is 9.47 Å². The van der Waals surface area contributed by atoms with Gasteiger partial charge < -0.3 is 20.1 Å². The first-order chi connectivity index (χ1) is 8.72. The summed E-state index contributed by atoms with van der Waals surface area (Å²) in [6.45, 7) is 2.53. The highest BCUT2D eigenvalue weighted by atomic mass is 16.5. The fraction of sp³-hybridized carbons (Fsp3) is 0.500. The summed E-state index contributed by atoms with van der Waals surface area (Å²) in [4.78, 5) is 6.22. The molecule has 0 bridgehead atoms. The molecule has 0 amide bonds. The lowest BCUT2D eigenvalue weighted by atomic mass is 10.3. The van der Waals surface area contributed by atoms with Gasteiger partial charge in [-0.15, -0.1) is 0 Å². The molecule has 0 atom stereocenters. The van der Waals surface area contributed by atoms with Crippen LogP contribution in [0.2, 0.25) is 0 Å². The van der Waals surface area contributed by atoms with E-state index in [2.05, 4.69) is 4.98 Å². The van der Waals surface area contributed by atoms with E-state index in [1.54, 1.807) is 26.4 Å². The third-order valence-corrected chi connectivity index (χ3v) is 2.47. The van der Waals surface area contributed by atoms with E-state index < -0.39 is 0 Å². The summed E-state index contributed by atoms with van der Waals surface area (Å²) in [6.07, 6.45) is 0. The predicted octanol–water partition coefficient (Wildman–Crippen LogP) is 0.635. The highest BCUT2D eigenvalue weighted by Gasteiger charge is 2.10. The number of nitriles is 1. The second kappa shape index (κ2) is 7.48. The number of ether oxygens (including phenoxy) is 2. The number of methoxy groups -OCH3 is 2. The Morgan fingerprint density at radius 1 is 1.28 bits per heavy atom. The van der Waals surface area contributed by atoms with Crippen LogP contribution in [-0.4, -0.2) is 45.5 Å². The van der Waals surface area contributed by atoms with Crippen LogP contribution in [-0.2, 0) is 9.47 Å². The zero-order chi connectivity index (χ0) is 13.4. The molecule has 0 fully saturated rings. The van der Waals surface area contributed by atoms with Gasteiger partial charge in [0.1, 0.15) is 11.9 Å². The van der Waals surface area contributed by atoms with Gasteiger partial charge in [0.15, 0.2) is 5.69 Å². The molecular formula is C12H18N4O2. The minimum absolute atomic E-state index is 0.243. The van der Waals surface area contributed by atoms with Gasteiger partial charge in [0.05, 0.1) is 18.9 Å². The molecule has 1 rings (SSSR count). The van der Waals surface area contributed by atoms with Crippen molar-refractivity contribution in [2.24, 2.45) is 0 Å². The van der Waals surface area contributed by atoms with Crippen LogP contribution in [0.3, 0.4) is 0 Å². The summed E-state index contributed by atoms with van der Waals surface area (Å²) in [7, 11) is 3.29. The van der Waals surface area contributed by atoms with Gasteiger partial charge in [-0.2, -0.15) is 5.26 Å². The summed E-state index contributed by atoms with van der Waals surface area (Å²) >= 11 is 0. The lowest BCUT2D eigenvalue weighted by Crippen LogP contribution is -2.31. The predicted molar refractivity (Wildman–Crippen MR) is 69.3 cm³/mol. The van der Waals surface area contributed by atoms with Crippen LogP contribution in [0, 0.1) is 11.3 Å². The molecule has 0 unspecified atom stereocenters. The Morgan fingerprint density at radius 3 is 2.39 bits per heavy atom. The van der Waals surface area contributed by atoms with E-state index in [0.29, 0.717) is 37.8 Å². The molecule has 0 radical (unpaired) electrons. The molecule has 0 spiro atoms. The van der Waals surface area contributed by atoms with E-state index in [9.17, 15) is 0 Å². The van der Waals surface area contributed by atoms with Crippen LogP contribution in [0.4, 0.5) is 11.5 Å². The van der Waals surface area contributed by atoms with Crippen LogP contribution in [0.25, 0.3) is 0 Å². The fourth-order valence-electron chi connectivity index (χ4n) is 1.47. The first-order valence-corrected chi connectivity index (χ1v) is 5.62. The number of nitrogens with zero attached hydrogens (tertiary/aromatic N) is 3. The van der Waals surface area contributed by atoms with Crippen LogP contribution in [0.5, 0.6) is 0 Å². The van der Waals surface area contributed by atoms with Crippen molar-refractivity contribution in [3.63, 3.8) is 0 Å². The molecule has 1 heterocycles. The second-order valence-electron chi connectivity index (χ2n) is 3.69. The number of hydrogen-bond acceptors (Lipinski definition) is 6. The minimum Gasteiger partial charge on any atom is -0.396 e. The zero-order valence-electron chi connectivity index (χ0n) is 10.7. The minimum atomic E-state index is 0.243. The maximum Gasteiger partial charge on any atom is 0.165 e. The summed E-state index contributed by atoms with van der Waals surface area (Å²) in [5.74, 6) is 0.704. The average Bonchev–Trinajstić information content (AvgIpc) is 2.40. The number of pyridine rings is 1. The zero-order valence-corrected chi connectivity index (χ0v) is 10.7. The Hall–Kier alpha value is -1.84. The fourth-order valence-corrected chi connectivity index (χ4v) is 1.47. The van der Waals surface area contributed by atoms with Crippen molar-refractivity contribution >= 4 is 11.5 Å². The Balaban J connectivity index is 2.86. The van der Waals surface area contributed by atoms with Gasteiger partial charge >= 0.3 is 0 Å². The molecule has 98 valence electrons. The van der Waals surface area contributed by atoms with Crippen molar-refractivity contribution in [3.05, 3.63) is 17.8 Å². The van der Waals surface area contributed by atoms with Gasteiger partial charge in [0.25, 0.3) is 0 Å². The summed E-state index contributed by atoms with van der Waals surface area (Å²) in [5.41, 5.74) is 6.28. The SMILES string of the molecule is COCCN(CCOC)c1ccc(N)c(C#N)n1. The van der Waals surface area contributed by atoms with Crippen molar-refractivity contribution in [3.8, 4) is 6.07 Å². The van der Waals surface area contributed by atoms with E-state index in [-0.39, 0.29) is 5.69 Å². The monoisotopic (exact) mass is 250 g/mol. The van der Waals surface area contributed by atoms with E-state index >= 15 is 0 Å². The molecule has 0 aromatic carbocycles. The Labute approximate surface area is 107 Å². The summed E-state index contributed by atoms with van der Waals surface area (Å²) < 4.78 is 10.1. The second-order valence-corrected chi connectivity index (χ2v) is 3.69. The molecule has 6 nitrogen and oxygen atoms in total. The summed E-state index contributed by atoms with van der Waals surface area (Å²) in [6, 6.07) is 5.46. The van der Waals surface area contributed by atoms with Crippen molar-refractivity contribution in [1.29, 1.82) is 5.26 Å². The number of rotatable bonds is 7. The Kier molecular flexibility index (Phi) is 5.91. The quantitative estimate of drug-likeness (QED) is 0.764. The number of aromatic nitrogens is 1. The van der Waals surface area contributed by atoms with Gasteiger partial charge in [-0.05, 0) is 12.1 Å². The van der Waals surface area contributed by atoms with Crippen LogP contribution < -0.4 is 10.6 Å². The smallest absolute Gasteiger partial charge is 0.165 e. The number of nitrogens with two attached hydrogens (primary N) is 1. The first kappa shape index (κ1) is 14.2. The van der Waals surface area contributed by atoms with Gasteiger partial charge in [0.2, 0.25) is 0 Å². The third kappa shape index (κ3) is 3.87. The number of anilines is 2. The molecule has 2 N–H and O–H groups in total. The molecule has 1 aromatic heterocycles. The molecule has 0 aliphatic carbocycles. The van der Waals surface area contributed by atoms with Gasteiger partial charge in [0, 0.05) is 27.3 Å². The Bertz CT molecular complexity index is 409. The van der Waals surface area contributed by atoms with E-state index in [0.717, 1.165) is 0 Å². The van der Waals surface area contributed by atoms with Crippen LogP contribution in [0.1, 0.15) is 5.69 Å². The van der Waals surface area contributed by atoms with E-state index in [4.69, 9.17) is 20.5 Å². The lowest BCUT2D eigenvalue weighted by molar-refractivity contribution is 0.190. The van der Waals surface area contributed by atoms with Gasteiger partial charge in [-0.1, -0.05) is 0 Å². The molecule has 1 aromatic rings. The van der Waals surface area contributed by atoms with E-state index in [1.165, 1.54) is 0 Å². The molecule has 6 heteroatoms. The molecule has 0 saturated heterocycles. The maximum absolute atomic E-state index is 8.92. The molecule has 0 aliphatic heterocycles. The van der Waals surface area contributed by atoms with Crippen molar-refractivity contribution in [2.75, 3.05) is 51.2 Å². The lowest BCUT2D eigenvalue weighted by Gasteiger charge is -2.23. The maximum atomic E-state index is 8.92. The standard InChI is InChI=1S/C12H18N4O2/c1-17-7-5-16(6-8-18-2)12-4-3-10(14)11(9-13)15-12/h3-4H,5-8,14H2,1-2H3. The summed E-state index contributed by atoms with van der Waals surface area (Å²) in [5, 5.41) is 8.92. The first-order valence-electron chi connectivity index (χ1n) is 5.62. The van der Waals surface area contributed by atoms with Crippen LogP contribution in [0.15, 0.2) is 12.1 Å². The molecular weight excluding hydrogens is 232 g/mol. The molecule has 18 heavy (non-hydrogen) atoms. The normalized spacial score (nSPS) is 10.1. The highest BCUT2D eigenvalue weighted by molar-refractivity contribution is 5.55. The van der Waals surface area contributed by atoms with Crippen molar-refractivity contribution in [1.82, 2.24) is 4.98 Å². The van der Waals surface area contributed by atoms with E-state index in [1.807, 2.05) is 11.0 Å². The number of nitrogen functional groups attached to an aromatic ring is 1. The average molecular weight is 250 g/mol. The topological polar surface area (TPSA) is 84.4 Å². The van der Waals surface area contributed by atoms with Crippen LogP contribution >= 0.6 is 0 Å². The van der Waals surface area contributed by atoms with Gasteiger partial charge in [-0.3, -0.25) is 0 Å². The highest BCUT2D eigenvalue weighted by Crippen LogP contribution is 2.16. The number of hydrogen-bond donors (Lipinski definition) is 1. The largest absolute Gasteiger partial charge is 0.396 e. The van der Waals surface area contributed by atoms with Gasteiger partial charge in [-0.25, -0.2) is 4.98 Å². The van der Waals surface area contributed by atoms with Crippen molar-refractivity contribution in [2.45, 2.75) is 0 Å².